The molecule has 0 amide bonds. The first-order valence-electron chi connectivity index (χ1n) is 6.48. The summed E-state index contributed by atoms with van der Waals surface area (Å²) in [4.78, 5) is 8.16. The minimum atomic E-state index is 0.626. The number of thiazole rings is 1. The second kappa shape index (κ2) is 7.80. The molecule has 0 radical (unpaired) electrons. The van der Waals surface area contributed by atoms with Crippen molar-refractivity contribution < 1.29 is 0 Å². The zero-order valence-corrected chi connectivity index (χ0v) is 12.3. The molecule has 1 N–H and O–H groups in total. The highest BCUT2D eigenvalue weighted by Crippen LogP contribution is 2.16. The van der Waals surface area contributed by atoms with Crippen molar-refractivity contribution in [2.24, 2.45) is 0 Å². The molecule has 0 bridgehead atoms. The second-order valence-electron chi connectivity index (χ2n) is 4.53. The molecule has 0 saturated carbocycles. The van der Waals surface area contributed by atoms with Gasteiger partial charge >= 0.3 is 0 Å². The summed E-state index contributed by atoms with van der Waals surface area (Å²) in [5.74, 6) is 0. The number of nitrogens with one attached hydrogen (secondary N) is 1. The van der Waals surface area contributed by atoms with Gasteiger partial charge in [-0.25, -0.2) is 4.98 Å². The minimum absolute atomic E-state index is 0.626. The SMILES string of the molecule is CCCC(CNCC)N(C)Cc1scnc1C. The van der Waals surface area contributed by atoms with Crippen molar-refractivity contribution in [3.63, 3.8) is 0 Å². The predicted molar refractivity (Wildman–Crippen MR) is 75.6 cm³/mol. The number of likely N-dealkylation sites (N-methyl/N-ethyl adjacent to an activating group) is 2. The van der Waals surface area contributed by atoms with Crippen LogP contribution in [-0.4, -0.2) is 36.1 Å². The Hall–Kier alpha value is -0.450. The summed E-state index contributed by atoms with van der Waals surface area (Å²) in [5, 5.41) is 3.45. The van der Waals surface area contributed by atoms with E-state index >= 15 is 0 Å². The van der Waals surface area contributed by atoms with Gasteiger partial charge in [0.05, 0.1) is 11.2 Å². The van der Waals surface area contributed by atoms with Crippen LogP contribution in [-0.2, 0) is 6.54 Å². The molecule has 1 unspecified atom stereocenters. The lowest BCUT2D eigenvalue weighted by atomic mass is 10.1. The Labute approximate surface area is 109 Å². The molecule has 1 aromatic heterocycles. The van der Waals surface area contributed by atoms with Crippen molar-refractivity contribution in [1.82, 2.24) is 15.2 Å². The third-order valence-electron chi connectivity index (χ3n) is 3.11. The van der Waals surface area contributed by atoms with Gasteiger partial charge in [0.15, 0.2) is 0 Å². The molecule has 17 heavy (non-hydrogen) atoms. The van der Waals surface area contributed by atoms with Crippen molar-refractivity contribution in [1.29, 1.82) is 0 Å². The molecule has 0 fully saturated rings. The molecule has 0 spiro atoms. The highest BCUT2D eigenvalue weighted by molar-refractivity contribution is 7.09. The largest absolute Gasteiger partial charge is 0.315 e. The Morgan fingerprint density at radius 1 is 1.47 bits per heavy atom. The molecule has 0 aromatic carbocycles. The van der Waals surface area contributed by atoms with Crippen LogP contribution in [0, 0.1) is 6.92 Å². The maximum Gasteiger partial charge on any atom is 0.0798 e. The zero-order valence-electron chi connectivity index (χ0n) is 11.5. The quantitative estimate of drug-likeness (QED) is 0.774. The van der Waals surface area contributed by atoms with Crippen LogP contribution >= 0.6 is 11.3 Å². The van der Waals surface area contributed by atoms with Gasteiger partial charge in [0.1, 0.15) is 0 Å². The fraction of sp³-hybridized carbons (Fsp3) is 0.769. The van der Waals surface area contributed by atoms with E-state index in [1.54, 1.807) is 11.3 Å². The van der Waals surface area contributed by atoms with Crippen molar-refractivity contribution >= 4 is 11.3 Å². The van der Waals surface area contributed by atoms with Gasteiger partial charge in [-0.15, -0.1) is 11.3 Å². The monoisotopic (exact) mass is 255 g/mol. The van der Waals surface area contributed by atoms with Gasteiger partial charge in [-0.3, -0.25) is 4.90 Å². The van der Waals surface area contributed by atoms with E-state index in [1.165, 1.54) is 23.4 Å². The lowest BCUT2D eigenvalue weighted by molar-refractivity contribution is 0.217. The third-order valence-corrected chi connectivity index (χ3v) is 4.03. The van der Waals surface area contributed by atoms with Gasteiger partial charge in [-0.05, 0) is 26.9 Å². The molecule has 1 heterocycles. The summed E-state index contributed by atoms with van der Waals surface area (Å²) in [6.07, 6.45) is 2.49. The molecule has 0 saturated heterocycles. The fourth-order valence-corrected chi connectivity index (χ4v) is 2.80. The van der Waals surface area contributed by atoms with Crippen LogP contribution in [0.1, 0.15) is 37.3 Å². The van der Waals surface area contributed by atoms with Gasteiger partial charge in [-0.1, -0.05) is 20.3 Å². The summed E-state index contributed by atoms with van der Waals surface area (Å²) in [7, 11) is 2.22. The van der Waals surface area contributed by atoms with Gasteiger partial charge in [0.2, 0.25) is 0 Å². The lowest BCUT2D eigenvalue weighted by Crippen LogP contribution is -2.39. The zero-order chi connectivity index (χ0) is 12.7. The highest BCUT2D eigenvalue weighted by Gasteiger charge is 2.15. The maximum atomic E-state index is 4.31. The summed E-state index contributed by atoms with van der Waals surface area (Å²) in [5.41, 5.74) is 3.12. The molecule has 0 aliphatic heterocycles. The van der Waals surface area contributed by atoms with Crippen LogP contribution < -0.4 is 5.32 Å². The Balaban J connectivity index is 2.52. The first-order chi connectivity index (χ1) is 8.19. The Morgan fingerprint density at radius 3 is 2.76 bits per heavy atom. The smallest absolute Gasteiger partial charge is 0.0798 e. The Morgan fingerprint density at radius 2 is 2.24 bits per heavy atom. The molecule has 1 rings (SSSR count). The Bertz CT molecular complexity index is 311. The molecule has 4 heteroatoms. The normalized spacial score (nSPS) is 13.2. The average Bonchev–Trinajstić information content (AvgIpc) is 2.70. The second-order valence-corrected chi connectivity index (χ2v) is 5.47. The van der Waals surface area contributed by atoms with Gasteiger partial charge < -0.3 is 5.32 Å². The Kier molecular flexibility index (Phi) is 6.70. The van der Waals surface area contributed by atoms with E-state index in [0.29, 0.717) is 6.04 Å². The van der Waals surface area contributed by atoms with E-state index < -0.39 is 0 Å². The summed E-state index contributed by atoms with van der Waals surface area (Å²) < 4.78 is 0. The first kappa shape index (κ1) is 14.6. The van der Waals surface area contributed by atoms with E-state index in [9.17, 15) is 0 Å². The molecule has 0 aliphatic carbocycles. The van der Waals surface area contributed by atoms with Crippen molar-refractivity contribution in [2.45, 2.75) is 46.2 Å². The van der Waals surface area contributed by atoms with Gasteiger partial charge in [-0.2, -0.15) is 0 Å². The van der Waals surface area contributed by atoms with Crippen molar-refractivity contribution in [3.05, 3.63) is 16.1 Å². The summed E-state index contributed by atoms with van der Waals surface area (Å²) in [6.45, 7) is 9.67. The van der Waals surface area contributed by atoms with E-state index in [1.807, 2.05) is 5.51 Å². The van der Waals surface area contributed by atoms with E-state index in [2.05, 4.69) is 43.0 Å². The highest BCUT2D eigenvalue weighted by atomic mass is 32.1. The summed E-state index contributed by atoms with van der Waals surface area (Å²) in [6, 6.07) is 0.626. The number of rotatable bonds is 8. The average molecular weight is 255 g/mol. The van der Waals surface area contributed by atoms with Crippen LogP contribution in [0.25, 0.3) is 0 Å². The predicted octanol–water partition coefficient (Wildman–Crippen LogP) is 2.66. The number of nitrogens with zero attached hydrogens (tertiary/aromatic N) is 2. The van der Waals surface area contributed by atoms with Crippen molar-refractivity contribution in [2.75, 3.05) is 20.1 Å². The van der Waals surface area contributed by atoms with Crippen molar-refractivity contribution in [3.8, 4) is 0 Å². The van der Waals surface area contributed by atoms with E-state index in [4.69, 9.17) is 0 Å². The van der Waals surface area contributed by atoms with Crippen LogP contribution in [0.2, 0.25) is 0 Å². The molecular weight excluding hydrogens is 230 g/mol. The minimum Gasteiger partial charge on any atom is -0.315 e. The standard InChI is InChI=1S/C13H25N3S/c1-5-7-12(8-14-6-2)16(4)9-13-11(3)15-10-17-13/h10,12,14H,5-9H2,1-4H3. The van der Waals surface area contributed by atoms with Gasteiger partial charge in [0.25, 0.3) is 0 Å². The van der Waals surface area contributed by atoms with Crippen LogP contribution in [0.3, 0.4) is 0 Å². The molecule has 1 atom stereocenters. The third kappa shape index (κ3) is 4.74. The maximum absolute atomic E-state index is 4.31. The van der Waals surface area contributed by atoms with E-state index in [0.717, 1.165) is 19.6 Å². The topological polar surface area (TPSA) is 28.2 Å². The summed E-state index contributed by atoms with van der Waals surface area (Å²) >= 11 is 1.76. The van der Waals surface area contributed by atoms with Crippen LogP contribution in [0.4, 0.5) is 0 Å². The molecular formula is C13H25N3S. The molecule has 1 aromatic rings. The molecule has 0 aliphatic rings. The fourth-order valence-electron chi connectivity index (χ4n) is 1.96. The van der Waals surface area contributed by atoms with E-state index in [-0.39, 0.29) is 0 Å². The lowest BCUT2D eigenvalue weighted by Gasteiger charge is -2.27. The first-order valence-corrected chi connectivity index (χ1v) is 7.36. The van der Waals surface area contributed by atoms with Crippen LogP contribution in [0.15, 0.2) is 5.51 Å². The molecule has 3 nitrogen and oxygen atoms in total. The number of hydrogen-bond donors (Lipinski definition) is 1. The van der Waals surface area contributed by atoms with Gasteiger partial charge in [0, 0.05) is 24.0 Å². The number of hydrogen-bond acceptors (Lipinski definition) is 4. The van der Waals surface area contributed by atoms with Crippen LogP contribution in [0.5, 0.6) is 0 Å². The number of aromatic nitrogens is 1. The number of aryl methyl sites for hydroxylation is 1. The molecule has 98 valence electrons.